The van der Waals surface area contributed by atoms with Crippen molar-refractivity contribution in [2.45, 2.75) is 20.0 Å². The third-order valence-electron chi connectivity index (χ3n) is 2.95. The van der Waals surface area contributed by atoms with Gasteiger partial charge in [0.05, 0.1) is 19.8 Å². The van der Waals surface area contributed by atoms with Crippen LogP contribution in [0, 0.1) is 0 Å². The number of allylic oxidation sites excluding steroid dienone is 1. The summed E-state index contributed by atoms with van der Waals surface area (Å²) in [4.78, 5) is 11.6. The summed E-state index contributed by atoms with van der Waals surface area (Å²) in [6, 6.07) is 7.13. The van der Waals surface area contributed by atoms with Gasteiger partial charge in [-0.25, -0.2) is 4.79 Å². The van der Waals surface area contributed by atoms with Gasteiger partial charge in [0.25, 0.3) is 0 Å². The number of ether oxygens (including phenoxy) is 3. The van der Waals surface area contributed by atoms with Gasteiger partial charge in [0.2, 0.25) is 0 Å². The van der Waals surface area contributed by atoms with Crippen LogP contribution in [0.4, 0.5) is 0 Å². The van der Waals surface area contributed by atoms with Gasteiger partial charge in [0.15, 0.2) is 6.10 Å². The normalized spacial score (nSPS) is 12.5. The number of esters is 1. The van der Waals surface area contributed by atoms with Crippen molar-refractivity contribution >= 4 is 5.97 Å². The second kappa shape index (κ2) is 7.38. The molecule has 0 aliphatic rings. The summed E-state index contributed by atoms with van der Waals surface area (Å²) in [5.41, 5.74) is 1.15. The average molecular weight is 276 g/mol. The van der Waals surface area contributed by atoms with Gasteiger partial charge in [-0.3, -0.25) is 0 Å². The minimum atomic E-state index is -0.541. The first-order chi connectivity index (χ1) is 9.53. The van der Waals surface area contributed by atoms with Crippen molar-refractivity contribution in [2.75, 3.05) is 14.2 Å². The molecule has 0 unspecified atom stereocenters. The highest BCUT2D eigenvalue weighted by Gasteiger charge is 2.22. The molecule has 0 heterocycles. The molecule has 0 radical (unpaired) electrons. The van der Waals surface area contributed by atoms with Gasteiger partial charge in [-0.2, -0.15) is 0 Å². The predicted molar refractivity (Wildman–Crippen MR) is 78.0 cm³/mol. The van der Waals surface area contributed by atoms with Crippen LogP contribution in [0.25, 0.3) is 0 Å². The van der Waals surface area contributed by atoms with Crippen molar-refractivity contribution in [1.29, 1.82) is 0 Å². The molecule has 108 valence electrons. The number of rotatable bonds is 6. The third-order valence-corrected chi connectivity index (χ3v) is 2.95. The van der Waals surface area contributed by atoms with Crippen LogP contribution in [0.1, 0.15) is 13.8 Å². The van der Waals surface area contributed by atoms with E-state index in [0.717, 1.165) is 11.3 Å². The van der Waals surface area contributed by atoms with Crippen LogP contribution >= 0.6 is 0 Å². The topological polar surface area (TPSA) is 44.8 Å². The highest BCUT2D eigenvalue weighted by atomic mass is 16.5. The lowest BCUT2D eigenvalue weighted by atomic mass is 10.0. The van der Waals surface area contributed by atoms with Crippen molar-refractivity contribution in [1.82, 2.24) is 0 Å². The van der Waals surface area contributed by atoms with E-state index in [2.05, 4.69) is 6.58 Å². The first-order valence-electron chi connectivity index (χ1n) is 6.24. The number of methoxy groups -OCH3 is 2. The van der Waals surface area contributed by atoms with Crippen LogP contribution in [-0.2, 0) is 9.53 Å². The fourth-order valence-corrected chi connectivity index (χ4v) is 1.62. The van der Waals surface area contributed by atoms with E-state index in [1.165, 1.54) is 7.11 Å². The Labute approximate surface area is 119 Å². The molecule has 0 fully saturated rings. The molecule has 0 spiro atoms. The molecule has 1 aromatic carbocycles. The van der Waals surface area contributed by atoms with Crippen molar-refractivity contribution in [3.63, 3.8) is 0 Å². The second-order valence-corrected chi connectivity index (χ2v) is 4.22. The zero-order chi connectivity index (χ0) is 15.1. The van der Waals surface area contributed by atoms with Crippen LogP contribution in [0.3, 0.4) is 0 Å². The van der Waals surface area contributed by atoms with Crippen molar-refractivity contribution in [3.8, 4) is 11.5 Å². The molecular formula is C16H20O4. The molecule has 0 saturated carbocycles. The number of carbonyl (C=O) groups is 1. The van der Waals surface area contributed by atoms with Crippen LogP contribution in [0.15, 0.2) is 48.1 Å². The summed E-state index contributed by atoms with van der Waals surface area (Å²) in [6.45, 7) is 7.52. The van der Waals surface area contributed by atoms with Gasteiger partial charge in [0.1, 0.15) is 11.5 Å². The van der Waals surface area contributed by atoms with Crippen molar-refractivity contribution < 1.29 is 19.0 Å². The Balaban J connectivity index is 2.94. The lowest BCUT2D eigenvalue weighted by Gasteiger charge is -2.21. The molecule has 0 aliphatic heterocycles. The zero-order valence-electron chi connectivity index (χ0n) is 12.3. The molecule has 4 nitrogen and oxygen atoms in total. The highest BCUT2D eigenvalue weighted by Crippen LogP contribution is 2.23. The standard InChI is InChI=1S/C16H20O4/c1-6-11(2)15(12(3)16(17)19-5)20-14-9-7-13(18-4)8-10-14/h6-10,15H,3H2,1-2,4-5H3/b11-6+/t15-/m0/s1. The van der Waals surface area contributed by atoms with E-state index in [-0.39, 0.29) is 5.57 Å². The molecule has 0 N–H and O–H groups in total. The molecule has 0 bridgehead atoms. The molecule has 0 amide bonds. The molecule has 1 atom stereocenters. The Morgan fingerprint density at radius 2 is 1.75 bits per heavy atom. The summed E-state index contributed by atoms with van der Waals surface area (Å²) in [5.74, 6) is 0.884. The fraction of sp³-hybridized carbons (Fsp3) is 0.312. The summed E-state index contributed by atoms with van der Waals surface area (Å²) < 4.78 is 15.6. The number of hydrogen-bond acceptors (Lipinski definition) is 4. The van der Waals surface area contributed by atoms with Gasteiger partial charge in [0, 0.05) is 0 Å². The maximum atomic E-state index is 11.6. The molecule has 4 heteroatoms. The van der Waals surface area contributed by atoms with Crippen LogP contribution in [0.5, 0.6) is 11.5 Å². The summed E-state index contributed by atoms with van der Waals surface area (Å²) in [6.07, 6.45) is 1.34. The van der Waals surface area contributed by atoms with E-state index in [1.807, 2.05) is 19.9 Å². The number of hydrogen-bond donors (Lipinski definition) is 0. The quantitative estimate of drug-likeness (QED) is 0.455. The summed E-state index contributed by atoms with van der Waals surface area (Å²) >= 11 is 0. The minimum Gasteiger partial charge on any atom is -0.497 e. The maximum Gasteiger partial charge on any atom is 0.337 e. The van der Waals surface area contributed by atoms with Crippen LogP contribution in [-0.4, -0.2) is 26.3 Å². The SMILES string of the molecule is C=C(C(=O)OC)[C@@H](Oc1ccc(OC)cc1)/C(C)=C/C. The Kier molecular flexibility index (Phi) is 5.84. The van der Waals surface area contributed by atoms with Gasteiger partial charge in [-0.1, -0.05) is 12.7 Å². The second-order valence-electron chi connectivity index (χ2n) is 4.22. The maximum absolute atomic E-state index is 11.6. The van der Waals surface area contributed by atoms with E-state index < -0.39 is 12.1 Å². The first-order valence-corrected chi connectivity index (χ1v) is 6.24. The van der Waals surface area contributed by atoms with E-state index in [1.54, 1.807) is 31.4 Å². The largest absolute Gasteiger partial charge is 0.497 e. The lowest BCUT2D eigenvalue weighted by Crippen LogP contribution is -2.26. The molecule has 0 aromatic heterocycles. The molecule has 1 aromatic rings. The van der Waals surface area contributed by atoms with Crippen LogP contribution in [0.2, 0.25) is 0 Å². The monoisotopic (exact) mass is 276 g/mol. The average Bonchev–Trinajstić information content (AvgIpc) is 2.50. The molecule has 0 aliphatic carbocycles. The zero-order valence-corrected chi connectivity index (χ0v) is 12.3. The van der Waals surface area contributed by atoms with Gasteiger partial charge >= 0.3 is 5.97 Å². The third kappa shape index (κ3) is 3.88. The fourth-order valence-electron chi connectivity index (χ4n) is 1.62. The molecular weight excluding hydrogens is 256 g/mol. The van der Waals surface area contributed by atoms with Gasteiger partial charge in [-0.15, -0.1) is 0 Å². The summed E-state index contributed by atoms with van der Waals surface area (Å²) in [7, 11) is 2.92. The Bertz CT molecular complexity index is 500. The Morgan fingerprint density at radius 1 is 1.20 bits per heavy atom. The molecule has 0 saturated heterocycles. The lowest BCUT2D eigenvalue weighted by molar-refractivity contribution is -0.136. The first kappa shape index (κ1) is 15.8. The smallest absolute Gasteiger partial charge is 0.337 e. The Hall–Kier alpha value is -2.23. The number of benzene rings is 1. The van der Waals surface area contributed by atoms with Crippen LogP contribution < -0.4 is 9.47 Å². The molecule has 20 heavy (non-hydrogen) atoms. The highest BCUT2D eigenvalue weighted by molar-refractivity contribution is 5.89. The summed E-state index contributed by atoms with van der Waals surface area (Å²) in [5, 5.41) is 0. The predicted octanol–water partition coefficient (Wildman–Crippen LogP) is 3.14. The van der Waals surface area contributed by atoms with Crippen molar-refractivity contribution in [2.24, 2.45) is 0 Å². The minimum absolute atomic E-state index is 0.263. The molecule has 1 rings (SSSR count). The van der Waals surface area contributed by atoms with E-state index in [9.17, 15) is 4.79 Å². The van der Waals surface area contributed by atoms with E-state index in [0.29, 0.717) is 5.75 Å². The van der Waals surface area contributed by atoms with Gasteiger partial charge < -0.3 is 14.2 Å². The van der Waals surface area contributed by atoms with E-state index >= 15 is 0 Å². The van der Waals surface area contributed by atoms with Gasteiger partial charge in [-0.05, 0) is 43.7 Å². The van der Waals surface area contributed by atoms with Crippen molar-refractivity contribution in [3.05, 3.63) is 48.1 Å². The van der Waals surface area contributed by atoms with E-state index in [4.69, 9.17) is 14.2 Å². The Morgan fingerprint density at radius 3 is 2.20 bits per heavy atom. The number of carbonyl (C=O) groups excluding carboxylic acids is 1.